The van der Waals surface area contributed by atoms with E-state index >= 15 is 0 Å². The van der Waals surface area contributed by atoms with Crippen LogP contribution < -0.4 is 0 Å². The van der Waals surface area contributed by atoms with Gasteiger partial charge in [0, 0.05) is 17.9 Å². The molecule has 0 spiro atoms. The van der Waals surface area contributed by atoms with Gasteiger partial charge in [-0.05, 0) is 6.42 Å². The Morgan fingerprint density at radius 2 is 1.83 bits per heavy atom. The molecule has 2 saturated carbocycles. The zero-order chi connectivity index (χ0) is 22.8. The highest BCUT2D eigenvalue weighted by atomic mass is 32.2. The van der Waals surface area contributed by atoms with Crippen molar-refractivity contribution in [1.29, 1.82) is 0 Å². The van der Waals surface area contributed by atoms with E-state index in [1.54, 1.807) is 0 Å². The predicted octanol–water partition coefficient (Wildman–Crippen LogP) is 0.846. The molecule has 30 heavy (non-hydrogen) atoms. The minimum absolute atomic E-state index is 0.0126. The zero-order valence-corrected chi connectivity index (χ0v) is 15.4. The molecule has 1 N–H and O–H groups in total. The first-order chi connectivity index (χ1) is 13.6. The first-order valence-corrected chi connectivity index (χ1v) is 9.70. The van der Waals surface area contributed by atoms with Crippen LogP contribution in [0.15, 0.2) is 12.7 Å². The highest BCUT2D eigenvalue weighted by Crippen LogP contribution is 2.59. The van der Waals surface area contributed by atoms with Crippen molar-refractivity contribution in [3.05, 3.63) is 12.7 Å². The zero-order valence-electron chi connectivity index (χ0n) is 14.5. The van der Waals surface area contributed by atoms with Crippen LogP contribution in [-0.2, 0) is 38.7 Å². The number of carbonyl (C=O) groups is 3. The van der Waals surface area contributed by atoms with E-state index < -0.39 is 81.4 Å². The average molecular weight is 464 g/mol. The van der Waals surface area contributed by atoms with Crippen LogP contribution in [0.25, 0.3) is 0 Å². The van der Waals surface area contributed by atoms with Gasteiger partial charge < -0.3 is 14.2 Å². The molecule has 1 heterocycles. The second-order valence-corrected chi connectivity index (χ2v) is 8.51. The van der Waals surface area contributed by atoms with Crippen molar-refractivity contribution in [2.24, 2.45) is 23.7 Å². The fraction of sp³-hybridized carbons (Fsp3) is 0.667. The highest BCUT2D eigenvalue weighted by molar-refractivity contribution is 7.86. The molecule has 1 saturated heterocycles. The number of alkyl halides is 5. The van der Waals surface area contributed by atoms with E-state index in [2.05, 4.69) is 11.3 Å². The lowest BCUT2D eigenvalue weighted by atomic mass is 9.78. The number of rotatable bonds is 6. The van der Waals surface area contributed by atoms with E-state index in [0.29, 0.717) is 0 Å². The monoisotopic (exact) mass is 464 g/mol. The van der Waals surface area contributed by atoms with Crippen LogP contribution in [0.1, 0.15) is 6.42 Å². The summed E-state index contributed by atoms with van der Waals surface area (Å²) in [4.78, 5) is 35.9. The van der Waals surface area contributed by atoms with Crippen LogP contribution in [0.3, 0.4) is 0 Å². The maximum atomic E-state index is 13.7. The van der Waals surface area contributed by atoms with Crippen LogP contribution in [0.4, 0.5) is 22.0 Å². The minimum atomic E-state index is -6.62. The Morgan fingerprint density at radius 1 is 1.23 bits per heavy atom. The van der Waals surface area contributed by atoms with Gasteiger partial charge in [-0.25, -0.2) is 4.79 Å². The number of hydrogen-bond donors (Lipinski definition) is 1. The molecule has 0 radical (unpaired) electrons. The van der Waals surface area contributed by atoms with Gasteiger partial charge in [-0.3, -0.25) is 14.1 Å². The third-order valence-corrected chi connectivity index (χ3v) is 6.32. The van der Waals surface area contributed by atoms with Crippen molar-refractivity contribution in [3.63, 3.8) is 0 Å². The summed E-state index contributed by atoms with van der Waals surface area (Å²) in [6.07, 6.45) is -12.1. The first kappa shape index (κ1) is 22.4. The van der Waals surface area contributed by atoms with Gasteiger partial charge in [0.1, 0.15) is 12.2 Å². The maximum Gasteiger partial charge on any atom is 0.432 e. The lowest BCUT2D eigenvalue weighted by Gasteiger charge is -2.32. The molecule has 9 nitrogen and oxygen atoms in total. The van der Waals surface area contributed by atoms with Gasteiger partial charge in [-0.1, -0.05) is 6.58 Å². The molecule has 7 atom stereocenters. The normalized spacial score (nSPS) is 33.7. The molecular formula is C15H13F5O9S. The number of ether oxygens (including phenoxy) is 3. The van der Waals surface area contributed by atoms with Gasteiger partial charge >= 0.3 is 39.5 Å². The SMILES string of the molecule is C=CC(=O)OC1C2CC3C1OC(=O)C3C2C(=O)OC(C(F)(F)F)C(F)(F)S(=O)(=O)O. The summed E-state index contributed by atoms with van der Waals surface area (Å²) in [5, 5.41) is -5.91. The molecule has 3 fully saturated rings. The number of esters is 3. The third kappa shape index (κ3) is 3.33. The van der Waals surface area contributed by atoms with Gasteiger partial charge in [-0.2, -0.15) is 30.4 Å². The van der Waals surface area contributed by atoms with Crippen molar-refractivity contribution >= 4 is 28.0 Å². The van der Waals surface area contributed by atoms with Crippen LogP contribution in [0, 0.1) is 23.7 Å². The summed E-state index contributed by atoms with van der Waals surface area (Å²) in [6.45, 7) is 3.15. The second-order valence-electron chi connectivity index (χ2n) is 7.02. The molecular weight excluding hydrogens is 451 g/mol. The lowest BCUT2D eigenvalue weighted by Crippen LogP contribution is -2.54. The summed E-state index contributed by atoms with van der Waals surface area (Å²) >= 11 is 0. The van der Waals surface area contributed by atoms with E-state index in [-0.39, 0.29) is 6.42 Å². The number of hydrogen-bond acceptors (Lipinski definition) is 8. The van der Waals surface area contributed by atoms with E-state index in [9.17, 15) is 44.8 Å². The molecule has 0 aromatic carbocycles. The Balaban J connectivity index is 1.91. The Bertz CT molecular complexity index is 899. The van der Waals surface area contributed by atoms with Crippen LogP contribution in [0.5, 0.6) is 0 Å². The Kier molecular flexibility index (Phi) is 5.13. The number of halogens is 5. The number of fused-ring (bicyclic) bond motifs is 1. The number of carbonyl (C=O) groups excluding carboxylic acids is 3. The largest absolute Gasteiger partial charge is 0.458 e. The topological polar surface area (TPSA) is 133 Å². The highest BCUT2D eigenvalue weighted by Gasteiger charge is 2.72. The quantitative estimate of drug-likeness (QED) is 0.200. The summed E-state index contributed by atoms with van der Waals surface area (Å²) < 4.78 is 110. The summed E-state index contributed by atoms with van der Waals surface area (Å²) in [7, 11) is -6.62. The van der Waals surface area contributed by atoms with Crippen molar-refractivity contribution in [1.82, 2.24) is 0 Å². The predicted molar refractivity (Wildman–Crippen MR) is 81.0 cm³/mol. The molecule has 168 valence electrons. The molecule has 0 amide bonds. The van der Waals surface area contributed by atoms with Crippen LogP contribution in [-0.4, -0.2) is 60.6 Å². The summed E-state index contributed by atoms with van der Waals surface area (Å²) in [5.41, 5.74) is 0. The standard InChI is InChI=1S/C15H13F5O9S/c1-2-6(21)27-9-4-3-5-7(11(22)28-10(5)9)8(4)12(23)29-13(14(16,17)18)15(19,20)30(24,25)26/h2,4-5,7-10,13H,1,3H2,(H,24,25,26). The molecule has 2 aliphatic carbocycles. The van der Waals surface area contributed by atoms with Gasteiger partial charge in [0.2, 0.25) is 0 Å². The molecule has 3 aliphatic rings. The van der Waals surface area contributed by atoms with E-state index in [1.807, 2.05) is 0 Å². The molecule has 0 aromatic heterocycles. The van der Waals surface area contributed by atoms with Gasteiger partial charge in [-0.15, -0.1) is 0 Å². The maximum absolute atomic E-state index is 13.7. The van der Waals surface area contributed by atoms with E-state index in [1.165, 1.54) is 0 Å². The fourth-order valence-electron chi connectivity index (χ4n) is 4.31. The molecule has 7 unspecified atom stereocenters. The van der Waals surface area contributed by atoms with Crippen molar-refractivity contribution < 1.29 is 63.5 Å². The Hall–Kier alpha value is -2.29. The average Bonchev–Trinajstić information content (AvgIpc) is 3.20. The molecule has 0 aromatic rings. The smallest absolute Gasteiger partial charge is 0.432 e. The summed E-state index contributed by atoms with van der Waals surface area (Å²) in [6, 6.07) is 0. The Labute approximate surface area is 164 Å². The molecule has 3 rings (SSSR count). The molecule has 2 bridgehead atoms. The minimum Gasteiger partial charge on any atom is -0.458 e. The van der Waals surface area contributed by atoms with Crippen molar-refractivity contribution in [3.8, 4) is 0 Å². The molecule has 15 heteroatoms. The Morgan fingerprint density at radius 3 is 2.33 bits per heavy atom. The van der Waals surface area contributed by atoms with Crippen LogP contribution in [0.2, 0.25) is 0 Å². The van der Waals surface area contributed by atoms with E-state index in [0.717, 1.165) is 6.08 Å². The first-order valence-electron chi connectivity index (χ1n) is 8.26. The second kappa shape index (κ2) is 6.87. The molecule has 1 aliphatic heterocycles. The van der Waals surface area contributed by atoms with Crippen molar-refractivity contribution in [2.75, 3.05) is 0 Å². The van der Waals surface area contributed by atoms with Gasteiger partial charge in [0.15, 0.2) is 0 Å². The lowest BCUT2D eigenvalue weighted by molar-refractivity contribution is -0.262. The fourth-order valence-corrected chi connectivity index (χ4v) is 4.76. The third-order valence-electron chi connectivity index (χ3n) is 5.42. The summed E-state index contributed by atoms with van der Waals surface area (Å²) in [5.74, 6) is -8.89. The van der Waals surface area contributed by atoms with Gasteiger partial charge in [0.05, 0.1) is 11.8 Å². The van der Waals surface area contributed by atoms with E-state index in [4.69, 9.17) is 14.0 Å². The van der Waals surface area contributed by atoms with Gasteiger partial charge in [0.25, 0.3) is 6.10 Å². The van der Waals surface area contributed by atoms with Crippen LogP contribution >= 0.6 is 0 Å². The van der Waals surface area contributed by atoms with Crippen molar-refractivity contribution in [2.45, 2.75) is 36.2 Å².